The number of methoxy groups -OCH3 is 1. The van der Waals surface area contributed by atoms with E-state index >= 15 is 0 Å². The van der Waals surface area contributed by atoms with Crippen LogP contribution in [0, 0.1) is 11.6 Å². The van der Waals surface area contributed by atoms with Gasteiger partial charge < -0.3 is 4.74 Å². The van der Waals surface area contributed by atoms with Gasteiger partial charge in [-0.1, -0.05) is 5.57 Å². The molecule has 1 aliphatic carbocycles. The number of halogens is 2. The Bertz CT molecular complexity index is 1080. The summed E-state index contributed by atoms with van der Waals surface area (Å²) in [5.41, 5.74) is 3.54. The van der Waals surface area contributed by atoms with Crippen molar-refractivity contribution in [3.63, 3.8) is 0 Å². The second-order valence-electron chi connectivity index (χ2n) is 6.95. The van der Waals surface area contributed by atoms with Crippen LogP contribution in [-0.2, 0) is 4.74 Å². The minimum atomic E-state index is -0.622. The fraction of sp³-hybridized carbons (Fsp3) is 0.286. The molecule has 0 amide bonds. The molecule has 28 heavy (non-hydrogen) atoms. The van der Waals surface area contributed by atoms with Crippen molar-refractivity contribution in [2.45, 2.75) is 32.6 Å². The Kier molecular flexibility index (Phi) is 4.45. The molecule has 0 fully saturated rings. The Morgan fingerprint density at radius 3 is 2.64 bits per heavy atom. The number of hydrogen-bond donors (Lipinski definition) is 0. The van der Waals surface area contributed by atoms with Crippen LogP contribution in [0.15, 0.2) is 46.2 Å². The lowest BCUT2D eigenvalue weighted by atomic mass is 9.78. The molecule has 1 aromatic carbocycles. The van der Waals surface area contributed by atoms with Gasteiger partial charge in [0, 0.05) is 36.2 Å². The first kappa shape index (κ1) is 18.3. The number of fused-ring (bicyclic) bond motifs is 1. The normalized spacial score (nSPS) is 19.3. The van der Waals surface area contributed by atoms with Crippen LogP contribution in [0.1, 0.15) is 48.7 Å². The van der Waals surface area contributed by atoms with E-state index in [9.17, 15) is 13.6 Å². The molecular weight excluding hydrogens is 364 g/mol. The summed E-state index contributed by atoms with van der Waals surface area (Å²) in [6, 6.07) is 5.34. The van der Waals surface area contributed by atoms with Gasteiger partial charge in [0.05, 0.1) is 25.0 Å². The molecule has 2 aliphatic rings. The monoisotopic (exact) mass is 383 g/mol. The Balaban J connectivity index is 1.87. The molecule has 0 bridgehead atoms. The zero-order chi connectivity index (χ0) is 20.0. The number of aromatic nitrogens is 2. The molecular formula is C21H19F2N3O2. The van der Waals surface area contributed by atoms with Gasteiger partial charge in [-0.2, -0.15) is 9.78 Å². The third-order valence-corrected chi connectivity index (χ3v) is 5.35. The highest BCUT2D eigenvalue weighted by atomic mass is 19.1. The van der Waals surface area contributed by atoms with E-state index in [2.05, 4.69) is 10.1 Å². The second kappa shape index (κ2) is 6.82. The summed E-state index contributed by atoms with van der Waals surface area (Å²) < 4.78 is 34.7. The zero-order valence-electron chi connectivity index (χ0n) is 15.8. The first-order valence-corrected chi connectivity index (χ1v) is 8.95. The summed E-state index contributed by atoms with van der Waals surface area (Å²) in [6.07, 6.45) is 2.17. The maximum atomic E-state index is 14.5. The lowest BCUT2D eigenvalue weighted by Crippen LogP contribution is -2.17. The predicted molar refractivity (Wildman–Crippen MR) is 102 cm³/mol. The maximum absolute atomic E-state index is 14.5. The molecule has 0 saturated heterocycles. The lowest BCUT2D eigenvalue weighted by molar-refractivity contribution is 0.0907. The van der Waals surface area contributed by atoms with E-state index in [1.165, 1.54) is 16.8 Å². The zero-order valence-corrected chi connectivity index (χ0v) is 15.8. The number of ether oxygens (including phenoxy) is 1. The first-order valence-electron chi connectivity index (χ1n) is 8.95. The molecule has 0 N–H and O–H groups in total. The molecule has 4 rings (SSSR count). The van der Waals surface area contributed by atoms with Crippen molar-refractivity contribution in [3.8, 4) is 0 Å². The summed E-state index contributed by atoms with van der Waals surface area (Å²) in [7, 11) is 1.57. The minimum absolute atomic E-state index is 0.146. The third kappa shape index (κ3) is 2.87. The summed E-state index contributed by atoms with van der Waals surface area (Å²) in [5.74, 6) is -0.493. The fourth-order valence-electron chi connectivity index (χ4n) is 3.93. The highest BCUT2D eigenvalue weighted by Crippen LogP contribution is 2.45. The van der Waals surface area contributed by atoms with Gasteiger partial charge in [0.1, 0.15) is 11.6 Å². The molecule has 2 aromatic rings. The average Bonchev–Trinajstić information content (AvgIpc) is 3.08. The highest BCUT2D eigenvalue weighted by Gasteiger charge is 2.32. The van der Waals surface area contributed by atoms with Crippen LogP contribution in [0.5, 0.6) is 0 Å². The van der Waals surface area contributed by atoms with Gasteiger partial charge >= 0.3 is 0 Å². The van der Waals surface area contributed by atoms with E-state index in [1.54, 1.807) is 19.4 Å². The number of carbonyl (C=O) groups excluding carboxylic acids is 1. The van der Waals surface area contributed by atoms with Crippen molar-refractivity contribution in [1.82, 2.24) is 9.78 Å². The van der Waals surface area contributed by atoms with Crippen LogP contribution in [-0.4, -0.2) is 29.0 Å². The number of hydrogen-bond acceptors (Lipinski definition) is 4. The molecule has 0 saturated carbocycles. The van der Waals surface area contributed by atoms with Gasteiger partial charge in [0.2, 0.25) is 0 Å². The van der Waals surface area contributed by atoms with Gasteiger partial charge in [0.15, 0.2) is 5.82 Å². The van der Waals surface area contributed by atoms with Crippen molar-refractivity contribution >= 4 is 23.5 Å². The van der Waals surface area contributed by atoms with Crippen molar-refractivity contribution in [2.24, 2.45) is 4.99 Å². The molecule has 0 spiro atoms. The van der Waals surface area contributed by atoms with E-state index in [1.807, 2.05) is 13.8 Å². The van der Waals surface area contributed by atoms with Crippen LogP contribution >= 0.6 is 0 Å². The summed E-state index contributed by atoms with van der Waals surface area (Å²) in [4.78, 5) is 16.3. The SMILES string of the molecule is COC1=C(C)C(c2cc3n(n2)C(=O)CC=N3)C(C)=C(c2ccc(F)cc2F)C1. The van der Waals surface area contributed by atoms with Crippen LogP contribution < -0.4 is 0 Å². The molecule has 1 unspecified atom stereocenters. The molecule has 1 aliphatic heterocycles. The topological polar surface area (TPSA) is 56.5 Å². The number of carbonyl (C=O) groups is 1. The van der Waals surface area contributed by atoms with Crippen LogP contribution in [0.25, 0.3) is 5.57 Å². The Morgan fingerprint density at radius 2 is 1.96 bits per heavy atom. The average molecular weight is 383 g/mol. The van der Waals surface area contributed by atoms with Gasteiger partial charge in [-0.15, -0.1) is 0 Å². The number of allylic oxidation sites excluding steroid dienone is 3. The highest BCUT2D eigenvalue weighted by molar-refractivity contribution is 5.96. The molecule has 7 heteroatoms. The number of aliphatic imine (C=N–C) groups is 1. The van der Waals surface area contributed by atoms with Gasteiger partial charge in [-0.3, -0.25) is 4.79 Å². The van der Waals surface area contributed by atoms with Gasteiger partial charge in [0.25, 0.3) is 5.91 Å². The predicted octanol–water partition coefficient (Wildman–Crippen LogP) is 4.79. The maximum Gasteiger partial charge on any atom is 0.254 e. The quantitative estimate of drug-likeness (QED) is 0.766. The lowest BCUT2D eigenvalue weighted by Gasteiger charge is -2.29. The van der Waals surface area contributed by atoms with E-state index in [4.69, 9.17) is 4.74 Å². The summed E-state index contributed by atoms with van der Waals surface area (Å²) in [5, 5.41) is 4.47. The Labute approximate surface area is 161 Å². The Morgan fingerprint density at radius 1 is 1.18 bits per heavy atom. The number of rotatable bonds is 3. The fourth-order valence-corrected chi connectivity index (χ4v) is 3.93. The van der Waals surface area contributed by atoms with E-state index in [0.29, 0.717) is 29.3 Å². The molecule has 1 atom stereocenters. The van der Waals surface area contributed by atoms with Crippen LogP contribution in [0.4, 0.5) is 14.6 Å². The van der Waals surface area contributed by atoms with E-state index in [0.717, 1.165) is 22.8 Å². The smallest absolute Gasteiger partial charge is 0.254 e. The van der Waals surface area contributed by atoms with Crippen molar-refractivity contribution < 1.29 is 18.3 Å². The van der Waals surface area contributed by atoms with Crippen molar-refractivity contribution in [2.75, 3.05) is 7.11 Å². The van der Waals surface area contributed by atoms with Gasteiger partial charge in [-0.25, -0.2) is 13.8 Å². The summed E-state index contributed by atoms with van der Waals surface area (Å²) in [6.45, 7) is 3.84. The molecule has 2 heterocycles. The second-order valence-corrected chi connectivity index (χ2v) is 6.95. The molecule has 5 nitrogen and oxygen atoms in total. The van der Waals surface area contributed by atoms with E-state index in [-0.39, 0.29) is 18.2 Å². The van der Waals surface area contributed by atoms with Crippen molar-refractivity contribution in [3.05, 3.63) is 64.1 Å². The number of benzene rings is 1. The molecule has 144 valence electrons. The van der Waals surface area contributed by atoms with Crippen molar-refractivity contribution in [1.29, 1.82) is 0 Å². The van der Waals surface area contributed by atoms with Gasteiger partial charge in [-0.05, 0) is 37.1 Å². The largest absolute Gasteiger partial charge is 0.501 e. The molecule has 0 radical (unpaired) electrons. The molecule has 1 aromatic heterocycles. The van der Waals surface area contributed by atoms with Crippen LogP contribution in [0.3, 0.4) is 0 Å². The standard InChI is InChI=1S/C21H19F2N3O2/c1-11-15(14-5-4-13(22)8-16(14)23)9-18(28-3)12(2)21(11)17-10-19-24-7-6-20(27)26(19)25-17/h4-5,7-8,10,21H,6,9H2,1-3H3. The number of nitrogens with zero attached hydrogens (tertiary/aromatic N) is 3. The van der Waals surface area contributed by atoms with Crippen LogP contribution in [0.2, 0.25) is 0 Å². The first-order chi connectivity index (χ1) is 13.4. The van der Waals surface area contributed by atoms with E-state index < -0.39 is 11.6 Å². The Hall–Kier alpha value is -3.09. The third-order valence-electron chi connectivity index (χ3n) is 5.35. The summed E-state index contributed by atoms with van der Waals surface area (Å²) >= 11 is 0. The minimum Gasteiger partial charge on any atom is -0.501 e.